The lowest BCUT2D eigenvalue weighted by atomic mass is 10.0. The summed E-state index contributed by atoms with van der Waals surface area (Å²) in [6, 6.07) is 6.43. The molecule has 0 unspecified atom stereocenters. The molecule has 0 bridgehead atoms. The number of hydrogen-bond acceptors (Lipinski definition) is 3. The summed E-state index contributed by atoms with van der Waals surface area (Å²) in [6.45, 7) is 0. The lowest BCUT2D eigenvalue weighted by molar-refractivity contribution is -0.115. The molecule has 96 valence electrons. The molecule has 0 aliphatic carbocycles. The number of hydrogen-bond donors (Lipinski definition) is 1. The van der Waals surface area contributed by atoms with Gasteiger partial charge in [0.25, 0.3) is 0 Å². The van der Waals surface area contributed by atoms with Gasteiger partial charge in [0.15, 0.2) is 10.4 Å². The number of carbonyl (C=O) groups excluding carboxylic acids is 2. The first kappa shape index (κ1) is 12.4. The smallest absolute Gasteiger partial charge is 0.229 e. The summed E-state index contributed by atoms with van der Waals surface area (Å²) >= 11 is 9.22. The second kappa shape index (κ2) is 4.51. The van der Waals surface area contributed by atoms with Crippen LogP contribution in [0, 0.1) is 0 Å². The first-order chi connectivity index (χ1) is 9.04. The summed E-state index contributed by atoms with van der Waals surface area (Å²) in [5.74, 6) is -0.208. The van der Waals surface area contributed by atoms with Crippen LogP contribution in [0.1, 0.15) is 21.7 Å². The third-order valence-corrected chi connectivity index (χ3v) is 3.60. The Bertz CT molecular complexity index is 708. The van der Waals surface area contributed by atoms with Crippen LogP contribution >= 0.6 is 27.5 Å². The van der Waals surface area contributed by atoms with Crippen LogP contribution < -0.4 is 5.32 Å². The highest BCUT2D eigenvalue weighted by molar-refractivity contribution is 9.10. The van der Waals surface area contributed by atoms with E-state index in [2.05, 4.69) is 21.2 Å². The van der Waals surface area contributed by atoms with E-state index in [1.165, 1.54) is 0 Å². The van der Waals surface area contributed by atoms with E-state index < -0.39 is 0 Å². The monoisotopic (exact) mass is 339 g/mol. The van der Waals surface area contributed by atoms with Crippen LogP contribution in [0.4, 0.5) is 5.69 Å². The van der Waals surface area contributed by atoms with Crippen molar-refractivity contribution in [1.82, 2.24) is 0 Å². The maximum Gasteiger partial charge on any atom is 0.229 e. The minimum absolute atomic E-state index is 0.101. The molecule has 19 heavy (non-hydrogen) atoms. The van der Waals surface area contributed by atoms with E-state index in [-0.39, 0.29) is 23.9 Å². The first-order valence-corrected chi connectivity index (χ1v) is 6.64. The number of ketones is 1. The summed E-state index contributed by atoms with van der Waals surface area (Å²) < 4.78 is 5.70. The molecule has 0 spiro atoms. The molecule has 1 aromatic carbocycles. The Kier molecular flexibility index (Phi) is 2.95. The Morgan fingerprint density at radius 1 is 1.37 bits per heavy atom. The third kappa shape index (κ3) is 2.19. The van der Waals surface area contributed by atoms with Gasteiger partial charge in [0.2, 0.25) is 11.7 Å². The van der Waals surface area contributed by atoms with Gasteiger partial charge in [0, 0.05) is 11.3 Å². The van der Waals surface area contributed by atoms with E-state index in [0.717, 1.165) is 5.56 Å². The molecule has 6 heteroatoms. The number of anilines is 1. The van der Waals surface area contributed by atoms with Crippen LogP contribution in [0.5, 0.6) is 0 Å². The number of benzene rings is 1. The Labute approximate surface area is 121 Å². The highest BCUT2D eigenvalue weighted by atomic mass is 79.9. The average molecular weight is 341 g/mol. The number of furan rings is 1. The molecular formula is C13H7BrClNO3. The summed E-state index contributed by atoms with van der Waals surface area (Å²) in [6.07, 6.45) is 0.259. The van der Waals surface area contributed by atoms with Crippen LogP contribution in [-0.2, 0) is 11.2 Å². The van der Waals surface area contributed by atoms with Crippen LogP contribution in [0.15, 0.2) is 33.4 Å². The van der Waals surface area contributed by atoms with Crippen LogP contribution in [0.2, 0.25) is 5.02 Å². The number of amides is 1. The van der Waals surface area contributed by atoms with Crippen molar-refractivity contribution in [3.63, 3.8) is 0 Å². The van der Waals surface area contributed by atoms with E-state index >= 15 is 0 Å². The van der Waals surface area contributed by atoms with Crippen molar-refractivity contribution in [2.75, 3.05) is 5.32 Å². The molecule has 0 saturated heterocycles. The number of halogens is 2. The predicted octanol–water partition coefficient (Wildman–Crippen LogP) is 3.42. The van der Waals surface area contributed by atoms with Crippen molar-refractivity contribution in [3.05, 3.63) is 50.8 Å². The molecule has 1 aliphatic heterocycles. The zero-order valence-corrected chi connectivity index (χ0v) is 11.8. The van der Waals surface area contributed by atoms with Crippen molar-refractivity contribution in [2.24, 2.45) is 0 Å². The van der Waals surface area contributed by atoms with Crippen molar-refractivity contribution < 1.29 is 14.0 Å². The average Bonchev–Trinajstić information content (AvgIpc) is 2.92. The van der Waals surface area contributed by atoms with Gasteiger partial charge in [-0.25, -0.2) is 0 Å². The second-order valence-corrected chi connectivity index (χ2v) is 5.34. The molecule has 2 heterocycles. The van der Waals surface area contributed by atoms with Gasteiger partial charge in [0.05, 0.1) is 11.4 Å². The normalized spacial score (nSPS) is 13.3. The van der Waals surface area contributed by atoms with E-state index in [4.69, 9.17) is 16.0 Å². The molecule has 4 nitrogen and oxygen atoms in total. The van der Waals surface area contributed by atoms with Crippen molar-refractivity contribution in [1.29, 1.82) is 0 Å². The number of carbonyl (C=O) groups is 2. The van der Waals surface area contributed by atoms with Crippen LogP contribution in [0.25, 0.3) is 0 Å². The highest BCUT2D eigenvalue weighted by Crippen LogP contribution is 2.31. The Morgan fingerprint density at radius 3 is 2.84 bits per heavy atom. The maximum atomic E-state index is 12.3. The van der Waals surface area contributed by atoms with Gasteiger partial charge in [-0.2, -0.15) is 0 Å². The van der Waals surface area contributed by atoms with Crippen LogP contribution in [0.3, 0.4) is 0 Å². The first-order valence-electron chi connectivity index (χ1n) is 5.47. The number of rotatable bonds is 2. The summed E-state index contributed by atoms with van der Waals surface area (Å²) in [4.78, 5) is 23.6. The van der Waals surface area contributed by atoms with E-state index in [0.29, 0.717) is 20.9 Å². The maximum absolute atomic E-state index is 12.3. The fourth-order valence-electron chi connectivity index (χ4n) is 1.99. The molecule has 1 amide bonds. The predicted molar refractivity (Wildman–Crippen MR) is 73.6 cm³/mol. The summed E-state index contributed by atoms with van der Waals surface area (Å²) in [7, 11) is 0. The zero-order valence-electron chi connectivity index (χ0n) is 9.50. The molecule has 0 fully saturated rings. The van der Waals surface area contributed by atoms with Gasteiger partial charge >= 0.3 is 0 Å². The summed E-state index contributed by atoms with van der Waals surface area (Å²) in [5.41, 5.74) is 1.76. The van der Waals surface area contributed by atoms with Gasteiger partial charge in [-0.05, 0) is 45.8 Å². The fraction of sp³-hybridized carbons (Fsp3) is 0.0769. The molecular weight excluding hydrogens is 334 g/mol. The minimum atomic E-state index is -0.308. The number of fused-ring (bicyclic) bond motifs is 1. The quantitative estimate of drug-likeness (QED) is 0.852. The SMILES string of the molecule is O=C1Cc2cc(C(=O)c3ccc(Br)o3)c(Cl)cc2N1. The van der Waals surface area contributed by atoms with Crippen LogP contribution in [-0.4, -0.2) is 11.7 Å². The van der Waals surface area contributed by atoms with Gasteiger partial charge in [-0.15, -0.1) is 0 Å². The zero-order chi connectivity index (χ0) is 13.6. The Hall–Kier alpha value is -1.59. The topological polar surface area (TPSA) is 59.3 Å². The summed E-state index contributed by atoms with van der Waals surface area (Å²) in [5, 5.41) is 2.97. The standard InChI is InChI=1S/C13H7BrClNO3/c14-11-2-1-10(19-11)13(18)7-3-6-4-12(17)16-9(6)5-8(7)15/h1-3,5H,4H2,(H,16,17). The van der Waals surface area contributed by atoms with E-state index in [9.17, 15) is 9.59 Å². The molecule has 2 aromatic rings. The van der Waals surface area contributed by atoms with Crippen molar-refractivity contribution >= 4 is 44.9 Å². The van der Waals surface area contributed by atoms with Gasteiger partial charge in [-0.3, -0.25) is 9.59 Å². The molecule has 1 aliphatic rings. The second-order valence-electron chi connectivity index (χ2n) is 4.15. The molecule has 0 radical (unpaired) electrons. The molecule has 1 aromatic heterocycles. The lowest BCUT2D eigenvalue weighted by Gasteiger charge is -2.05. The molecule has 3 rings (SSSR count). The molecule has 1 N–H and O–H groups in total. The third-order valence-electron chi connectivity index (χ3n) is 2.86. The fourth-order valence-corrected chi connectivity index (χ4v) is 2.55. The van der Waals surface area contributed by atoms with Gasteiger partial charge < -0.3 is 9.73 Å². The highest BCUT2D eigenvalue weighted by Gasteiger charge is 2.23. The minimum Gasteiger partial charge on any atom is -0.446 e. The van der Waals surface area contributed by atoms with Gasteiger partial charge in [0.1, 0.15) is 0 Å². The largest absolute Gasteiger partial charge is 0.446 e. The van der Waals surface area contributed by atoms with Gasteiger partial charge in [-0.1, -0.05) is 11.6 Å². The molecule has 0 atom stereocenters. The van der Waals surface area contributed by atoms with E-state index in [1.54, 1.807) is 24.3 Å². The molecule has 0 saturated carbocycles. The Balaban J connectivity index is 2.04. The Morgan fingerprint density at radius 2 is 2.16 bits per heavy atom. The van der Waals surface area contributed by atoms with E-state index in [1.807, 2.05) is 0 Å². The number of nitrogens with one attached hydrogen (secondary N) is 1. The lowest BCUT2D eigenvalue weighted by Crippen LogP contribution is -2.03. The van der Waals surface area contributed by atoms with Crippen molar-refractivity contribution in [3.8, 4) is 0 Å². The van der Waals surface area contributed by atoms with Crippen molar-refractivity contribution in [2.45, 2.75) is 6.42 Å².